The van der Waals surface area contributed by atoms with Crippen molar-refractivity contribution in [2.45, 2.75) is 6.54 Å². The SMILES string of the molecule is Cn1cnnc1-c1cccc(CN)c1. The third-order valence-electron chi connectivity index (χ3n) is 2.13. The number of rotatable bonds is 2. The molecule has 1 aromatic heterocycles. The van der Waals surface area contributed by atoms with Crippen LogP contribution in [0.2, 0.25) is 0 Å². The van der Waals surface area contributed by atoms with Crippen molar-refractivity contribution in [1.29, 1.82) is 0 Å². The molecule has 14 heavy (non-hydrogen) atoms. The molecular formula is C10H12N4. The summed E-state index contributed by atoms with van der Waals surface area (Å²) in [4.78, 5) is 0. The second kappa shape index (κ2) is 3.59. The Morgan fingerprint density at radius 2 is 2.29 bits per heavy atom. The molecule has 0 unspecified atom stereocenters. The minimum Gasteiger partial charge on any atom is -0.326 e. The van der Waals surface area contributed by atoms with Crippen molar-refractivity contribution in [2.75, 3.05) is 0 Å². The molecule has 2 N–H and O–H groups in total. The molecule has 0 bridgehead atoms. The molecule has 2 rings (SSSR count). The quantitative estimate of drug-likeness (QED) is 0.763. The molecule has 0 aliphatic heterocycles. The van der Waals surface area contributed by atoms with Gasteiger partial charge in [-0.05, 0) is 11.6 Å². The van der Waals surface area contributed by atoms with E-state index in [2.05, 4.69) is 10.2 Å². The summed E-state index contributed by atoms with van der Waals surface area (Å²) in [5.74, 6) is 0.861. The summed E-state index contributed by atoms with van der Waals surface area (Å²) in [5, 5.41) is 7.87. The monoisotopic (exact) mass is 188 g/mol. The van der Waals surface area contributed by atoms with E-state index in [1.807, 2.05) is 35.9 Å². The van der Waals surface area contributed by atoms with Crippen molar-refractivity contribution in [3.63, 3.8) is 0 Å². The smallest absolute Gasteiger partial charge is 0.163 e. The number of nitrogens with zero attached hydrogens (tertiary/aromatic N) is 3. The molecule has 0 fully saturated rings. The van der Waals surface area contributed by atoms with Crippen LogP contribution in [-0.4, -0.2) is 14.8 Å². The van der Waals surface area contributed by atoms with E-state index in [0.717, 1.165) is 17.0 Å². The number of nitrogens with two attached hydrogens (primary N) is 1. The fourth-order valence-corrected chi connectivity index (χ4v) is 1.38. The second-order valence-corrected chi connectivity index (χ2v) is 3.17. The molecule has 2 aromatic rings. The average Bonchev–Trinajstić information content (AvgIpc) is 2.65. The van der Waals surface area contributed by atoms with Gasteiger partial charge in [-0.15, -0.1) is 10.2 Å². The maximum atomic E-state index is 5.57. The minimum atomic E-state index is 0.547. The van der Waals surface area contributed by atoms with Gasteiger partial charge in [0.05, 0.1) is 0 Å². The highest BCUT2D eigenvalue weighted by Crippen LogP contribution is 2.16. The van der Waals surface area contributed by atoms with Crippen LogP contribution in [-0.2, 0) is 13.6 Å². The molecule has 0 aliphatic carbocycles. The molecule has 0 spiro atoms. The zero-order valence-electron chi connectivity index (χ0n) is 8.01. The summed E-state index contributed by atoms with van der Waals surface area (Å²) in [5.41, 5.74) is 7.72. The summed E-state index contributed by atoms with van der Waals surface area (Å²) < 4.78 is 1.88. The number of hydrogen-bond acceptors (Lipinski definition) is 3. The number of benzene rings is 1. The van der Waals surface area contributed by atoms with Gasteiger partial charge in [-0.25, -0.2) is 0 Å². The first-order valence-corrected chi connectivity index (χ1v) is 4.44. The van der Waals surface area contributed by atoms with Crippen molar-refractivity contribution in [3.05, 3.63) is 36.2 Å². The van der Waals surface area contributed by atoms with Crippen LogP contribution in [0.25, 0.3) is 11.4 Å². The Morgan fingerprint density at radius 3 is 2.93 bits per heavy atom. The summed E-state index contributed by atoms with van der Waals surface area (Å²) in [6.45, 7) is 0.547. The topological polar surface area (TPSA) is 56.7 Å². The van der Waals surface area contributed by atoms with Crippen molar-refractivity contribution >= 4 is 0 Å². The maximum absolute atomic E-state index is 5.57. The molecule has 0 saturated carbocycles. The normalized spacial score (nSPS) is 10.4. The summed E-state index contributed by atoms with van der Waals surface area (Å²) in [7, 11) is 1.92. The van der Waals surface area contributed by atoms with Crippen molar-refractivity contribution in [1.82, 2.24) is 14.8 Å². The zero-order valence-corrected chi connectivity index (χ0v) is 8.01. The lowest BCUT2D eigenvalue weighted by atomic mass is 10.1. The van der Waals surface area contributed by atoms with Crippen LogP contribution < -0.4 is 5.73 Å². The molecule has 0 saturated heterocycles. The Morgan fingerprint density at radius 1 is 1.43 bits per heavy atom. The highest BCUT2D eigenvalue weighted by atomic mass is 15.2. The third-order valence-corrected chi connectivity index (χ3v) is 2.13. The first kappa shape index (κ1) is 8.90. The highest BCUT2D eigenvalue weighted by Gasteiger charge is 2.03. The number of aryl methyl sites for hydroxylation is 1. The molecular weight excluding hydrogens is 176 g/mol. The molecule has 0 atom stereocenters. The fourth-order valence-electron chi connectivity index (χ4n) is 1.38. The minimum absolute atomic E-state index is 0.547. The standard InChI is InChI=1S/C10H12N4/c1-14-7-12-13-10(14)9-4-2-3-8(5-9)6-11/h2-5,7H,6,11H2,1H3. The summed E-state index contributed by atoms with van der Waals surface area (Å²) in [6.07, 6.45) is 1.68. The van der Waals surface area contributed by atoms with E-state index in [1.54, 1.807) is 6.33 Å². The van der Waals surface area contributed by atoms with Gasteiger partial charge in [0.15, 0.2) is 5.82 Å². The second-order valence-electron chi connectivity index (χ2n) is 3.17. The van der Waals surface area contributed by atoms with E-state index in [4.69, 9.17) is 5.73 Å². The van der Waals surface area contributed by atoms with E-state index < -0.39 is 0 Å². The zero-order chi connectivity index (χ0) is 9.97. The number of hydrogen-bond donors (Lipinski definition) is 1. The van der Waals surface area contributed by atoms with Gasteiger partial charge in [0, 0.05) is 19.2 Å². The van der Waals surface area contributed by atoms with Crippen LogP contribution in [0.4, 0.5) is 0 Å². The average molecular weight is 188 g/mol. The Hall–Kier alpha value is -1.68. The van der Waals surface area contributed by atoms with Gasteiger partial charge in [-0.2, -0.15) is 0 Å². The molecule has 0 radical (unpaired) electrons. The highest BCUT2D eigenvalue weighted by molar-refractivity contribution is 5.55. The number of aromatic nitrogens is 3. The van der Waals surface area contributed by atoms with Crippen LogP contribution in [0, 0.1) is 0 Å². The Labute approximate surface area is 82.4 Å². The molecule has 4 heteroatoms. The maximum Gasteiger partial charge on any atom is 0.163 e. The predicted molar refractivity (Wildman–Crippen MR) is 54.3 cm³/mol. The summed E-state index contributed by atoms with van der Waals surface area (Å²) in [6, 6.07) is 8.01. The lowest BCUT2D eigenvalue weighted by molar-refractivity contribution is 0.919. The molecule has 0 amide bonds. The van der Waals surface area contributed by atoms with Crippen LogP contribution in [0.15, 0.2) is 30.6 Å². The largest absolute Gasteiger partial charge is 0.326 e. The van der Waals surface area contributed by atoms with Gasteiger partial charge >= 0.3 is 0 Å². The Bertz CT molecular complexity index is 433. The molecule has 1 heterocycles. The van der Waals surface area contributed by atoms with Crippen LogP contribution >= 0.6 is 0 Å². The van der Waals surface area contributed by atoms with E-state index in [1.165, 1.54) is 0 Å². The summed E-state index contributed by atoms with van der Waals surface area (Å²) >= 11 is 0. The lowest BCUT2D eigenvalue weighted by Gasteiger charge is -2.02. The van der Waals surface area contributed by atoms with Crippen LogP contribution in [0.3, 0.4) is 0 Å². The van der Waals surface area contributed by atoms with E-state index in [9.17, 15) is 0 Å². The molecule has 4 nitrogen and oxygen atoms in total. The van der Waals surface area contributed by atoms with E-state index in [0.29, 0.717) is 6.54 Å². The van der Waals surface area contributed by atoms with Gasteiger partial charge in [0.1, 0.15) is 6.33 Å². The molecule has 1 aromatic carbocycles. The van der Waals surface area contributed by atoms with Crippen LogP contribution in [0.5, 0.6) is 0 Å². The van der Waals surface area contributed by atoms with Crippen molar-refractivity contribution < 1.29 is 0 Å². The lowest BCUT2D eigenvalue weighted by Crippen LogP contribution is -1.97. The van der Waals surface area contributed by atoms with Gasteiger partial charge in [-0.3, -0.25) is 0 Å². The first-order chi connectivity index (χ1) is 6.81. The van der Waals surface area contributed by atoms with Gasteiger partial charge in [0.25, 0.3) is 0 Å². The third kappa shape index (κ3) is 1.52. The van der Waals surface area contributed by atoms with E-state index >= 15 is 0 Å². The molecule has 0 aliphatic rings. The Kier molecular flexibility index (Phi) is 2.28. The van der Waals surface area contributed by atoms with Crippen LogP contribution in [0.1, 0.15) is 5.56 Å². The fraction of sp³-hybridized carbons (Fsp3) is 0.200. The molecule has 72 valence electrons. The van der Waals surface area contributed by atoms with Crippen molar-refractivity contribution in [3.8, 4) is 11.4 Å². The predicted octanol–water partition coefficient (Wildman–Crippen LogP) is 0.941. The van der Waals surface area contributed by atoms with Crippen molar-refractivity contribution in [2.24, 2.45) is 12.8 Å². The first-order valence-electron chi connectivity index (χ1n) is 4.44. The van der Waals surface area contributed by atoms with Gasteiger partial charge < -0.3 is 10.3 Å². The van der Waals surface area contributed by atoms with E-state index in [-0.39, 0.29) is 0 Å². The van der Waals surface area contributed by atoms with Gasteiger partial charge in [-0.1, -0.05) is 18.2 Å². The Balaban J connectivity index is 2.47. The van der Waals surface area contributed by atoms with Gasteiger partial charge in [0.2, 0.25) is 0 Å².